The summed E-state index contributed by atoms with van der Waals surface area (Å²) in [6.07, 6.45) is 0.0279. The Kier molecular flexibility index (Phi) is 3.55. The summed E-state index contributed by atoms with van der Waals surface area (Å²) in [7, 11) is 0. The second-order valence-corrected chi connectivity index (χ2v) is 4.23. The van der Waals surface area contributed by atoms with Gasteiger partial charge < -0.3 is 4.74 Å². The van der Waals surface area contributed by atoms with Crippen molar-refractivity contribution in [1.29, 1.82) is 0 Å². The van der Waals surface area contributed by atoms with Crippen LogP contribution in [-0.2, 0) is 20.7 Å². The normalized spacial score (nSPS) is 19.1. The van der Waals surface area contributed by atoms with Crippen LogP contribution >= 0.6 is 0 Å². The molecule has 4 heteroatoms. The zero-order chi connectivity index (χ0) is 13.1. The third-order valence-electron chi connectivity index (χ3n) is 3.03. The molecule has 0 N–H and O–H groups in total. The zero-order valence-corrected chi connectivity index (χ0v) is 10.1. The molecule has 2 rings (SSSR count). The summed E-state index contributed by atoms with van der Waals surface area (Å²) in [6.45, 7) is 1.89. The summed E-state index contributed by atoms with van der Waals surface area (Å²) in [5.41, 5.74) is 1.23. The van der Waals surface area contributed by atoms with E-state index in [4.69, 9.17) is 4.74 Å². The number of benzene rings is 1. The molecule has 1 aromatic carbocycles. The van der Waals surface area contributed by atoms with Gasteiger partial charge in [-0.2, -0.15) is 0 Å². The highest BCUT2D eigenvalue weighted by molar-refractivity contribution is 6.10. The standard InChI is InChI=1S/C14H14O4/c1-2-18-14(17)11-8-13(16)10-6-4-3-5-9(10)7-12(11)15/h3-6,11H,2,7-8H2,1H3. The average molecular weight is 246 g/mol. The number of hydrogen-bond donors (Lipinski definition) is 0. The van der Waals surface area contributed by atoms with Gasteiger partial charge >= 0.3 is 5.97 Å². The number of hydrogen-bond acceptors (Lipinski definition) is 4. The first-order chi connectivity index (χ1) is 8.63. The molecule has 0 heterocycles. The van der Waals surface area contributed by atoms with Gasteiger partial charge in [-0.1, -0.05) is 24.3 Å². The minimum absolute atomic E-state index is 0.0886. The monoisotopic (exact) mass is 246 g/mol. The summed E-state index contributed by atoms with van der Waals surface area (Å²) >= 11 is 0. The van der Waals surface area contributed by atoms with Gasteiger partial charge in [0.2, 0.25) is 0 Å². The molecule has 1 aliphatic rings. The van der Waals surface area contributed by atoms with E-state index in [0.29, 0.717) is 11.1 Å². The molecule has 1 atom stereocenters. The Hall–Kier alpha value is -1.97. The van der Waals surface area contributed by atoms with Crippen LogP contribution in [0.5, 0.6) is 0 Å². The number of ether oxygens (including phenoxy) is 1. The number of fused-ring (bicyclic) bond motifs is 1. The lowest BCUT2D eigenvalue weighted by molar-refractivity contribution is -0.151. The fraction of sp³-hybridized carbons (Fsp3) is 0.357. The van der Waals surface area contributed by atoms with Crippen LogP contribution in [0, 0.1) is 5.92 Å². The fourth-order valence-corrected chi connectivity index (χ4v) is 2.12. The van der Waals surface area contributed by atoms with Crippen molar-refractivity contribution in [1.82, 2.24) is 0 Å². The largest absolute Gasteiger partial charge is 0.465 e. The molecule has 1 unspecified atom stereocenters. The number of rotatable bonds is 2. The van der Waals surface area contributed by atoms with Crippen molar-refractivity contribution >= 4 is 17.5 Å². The number of ketones is 2. The van der Waals surface area contributed by atoms with Crippen LogP contribution in [-0.4, -0.2) is 24.1 Å². The van der Waals surface area contributed by atoms with Crippen LogP contribution in [0.4, 0.5) is 0 Å². The molecule has 0 saturated heterocycles. The van der Waals surface area contributed by atoms with Crippen molar-refractivity contribution < 1.29 is 19.1 Å². The van der Waals surface area contributed by atoms with Crippen LogP contribution in [0.15, 0.2) is 24.3 Å². The Labute approximate surface area is 105 Å². The molecule has 0 aromatic heterocycles. The zero-order valence-electron chi connectivity index (χ0n) is 10.1. The van der Waals surface area contributed by atoms with E-state index in [1.54, 1.807) is 31.2 Å². The van der Waals surface area contributed by atoms with Gasteiger partial charge in [-0.15, -0.1) is 0 Å². The molecule has 0 amide bonds. The lowest BCUT2D eigenvalue weighted by Crippen LogP contribution is -2.27. The number of carbonyl (C=O) groups is 3. The van der Waals surface area contributed by atoms with Crippen molar-refractivity contribution in [3.8, 4) is 0 Å². The molecule has 4 nitrogen and oxygen atoms in total. The highest BCUT2D eigenvalue weighted by Gasteiger charge is 2.34. The number of esters is 1. The van der Waals surface area contributed by atoms with E-state index in [1.807, 2.05) is 0 Å². The van der Waals surface area contributed by atoms with Crippen LogP contribution in [0.1, 0.15) is 29.3 Å². The Morgan fingerprint density at radius 3 is 2.78 bits per heavy atom. The third kappa shape index (κ3) is 2.32. The van der Waals surface area contributed by atoms with Gasteiger partial charge in [0.15, 0.2) is 11.6 Å². The Balaban J connectivity index is 2.30. The quantitative estimate of drug-likeness (QED) is 0.451. The summed E-state index contributed by atoms with van der Waals surface area (Å²) in [6, 6.07) is 6.98. The number of Topliss-reactive ketones (excluding diaryl/α,β-unsaturated/α-hetero) is 2. The van der Waals surface area contributed by atoms with Gasteiger partial charge in [-0.05, 0) is 12.5 Å². The average Bonchev–Trinajstić information content (AvgIpc) is 2.47. The topological polar surface area (TPSA) is 60.4 Å². The second kappa shape index (κ2) is 5.12. The molecule has 0 spiro atoms. The molecule has 0 bridgehead atoms. The molecule has 0 saturated carbocycles. The maximum absolute atomic E-state index is 12.0. The van der Waals surface area contributed by atoms with Crippen molar-refractivity contribution in [2.24, 2.45) is 5.92 Å². The minimum atomic E-state index is -0.954. The van der Waals surface area contributed by atoms with E-state index in [9.17, 15) is 14.4 Å². The molecular weight excluding hydrogens is 232 g/mol. The first-order valence-corrected chi connectivity index (χ1v) is 5.94. The molecule has 0 aliphatic heterocycles. The smallest absolute Gasteiger partial charge is 0.316 e. The summed E-state index contributed by atoms with van der Waals surface area (Å²) < 4.78 is 4.84. The molecule has 94 valence electrons. The maximum atomic E-state index is 12.0. The molecule has 18 heavy (non-hydrogen) atoms. The van der Waals surface area contributed by atoms with Crippen molar-refractivity contribution in [3.63, 3.8) is 0 Å². The van der Waals surface area contributed by atoms with Gasteiger partial charge in [0.1, 0.15) is 5.92 Å². The van der Waals surface area contributed by atoms with Crippen LogP contribution in [0.25, 0.3) is 0 Å². The summed E-state index contributed by atoms with van der Waals surface area (Å²) in [5.74, 6) is -1.96. The van der Waals surface area contributed by atoms with Gasteiger partial charge in [-0.3, -0.25) is 14.4 Å². The number of carbonyl (C=O) groups excluding carboxylic acids is 3. The van der Waals surface area contributed by atoms with Crippen molar-refractivity contribution in [3.05, 3.63) is 35.4 Å². The molecule has 0 fully saturated rings. The van der Waals surface area contributed by atoms with E-state index >= 15 is 0 Å². The van der Waals surface area contributed by atoms with Gasteiger partial charge in [0.05, 0.1) is 6.61 Å². The second-order valence-electron chi connectivity index (χ2n) is 4.23. The molecular formula is C14H14O4. The van der Waals surface area contributed by atoms with E-state index in [2.05, 4.69) is 0 Å². The van der Waals surface area contributed by atoms with E-state index in [-0.39, 0.29) is 31.0 Å². The van der Waals surface area contributed by atoms with Crippen molar-refractivity contribution in [2.45, 2.75) is 19.8 Å². The molecule has 0 radical (unpaired) electrons. The van der Waals surface area contributed by atoms with Crippen molar-refractivity contribution in [2.75, 3.05) is 6.61 Å². The van der Waals surface area contributed by atoms with Crippen LogP contribution in [0.2, 0.25) is 0 Å². The summed E-state index contributed by atoms with van der Waals surface area (Å²) in [4.78, 5) is 35.7. The predicted molar refractivity (Wildman–Crippen MR) is 64.2 cm³/mol. The fourth-order valence-electron chi connectivity index (χ4n) is 2.12. The van der Waals surface area contributed by atoms with Gasteiger partial charge in [0.25, 0.3) is 0 Å². The van der Waals surface area contributed by atoms with Gasteiger partial charge in [0, 0.05) is 18.4 Å². The Bertz CT molecular complexity index is 504. The van der Waals surface area contributed by atoms with E-state index in [1.165, 1.54) is 0 Å². The Morgan fingerprint density at radius 2 is 2.06 bits per heavy atom. The Morgan fingerprint density at radius 1 is 1.33 bits per heavy atom. The maximum Gasteiger partial charge on any atom is 0.316 e. The highest BCUT2D eigenvalue weighted by atomic mass is 16.5. The lowest BCUT2D eigenvalue weighted by atomic mass is 9.98. The first-order valence-electron chi connectivity index (χ1n) is 5.94. The lowest BCUT2D eigenvalue weighted by Gasteiger charge is -2.10. The molecule has 1 aromatic rings. The van der Waals surface area contributed by atoms with E-state index in [0.717, 1.165) is 0 Å². The minimum Gasteiger partial charge on any atom is -0.465 e. The van der Waals surface area contributed by atoms with Gasteiger partial charge in [-0.25, -0.2) is 0 Å². The van der Waals surface area contributed by atoms with E-state index < -0.39 is 11.9 Å². The third-order valence-corrected chi connectivity index (χ3v) is 3.03. The van der Waals surface area contributed by atoms with Crippen LogP contribution < -0.4 is 0 Å². The highest BCUT2D eigenvalue weighted by Crippen LogP contribution is 2.23. The van der Waals surface area contributed by atoms with Crippen LogP contribution in [0.3, 0.4) is 0 Å². The molecule has 1 aliphatic carbocycles. The SMILES string of the molecule is CCOC(=O)C1CC(=O)c2ccccc2CC1=O. The first kappa shape index (κ1) is 12.5. The predicted octanol–water partition coefficient (Wildman–Crippen LogP) is 1.56. The summed E-state index contributed by atoms with van der Waals surface area (Å²) in [5, 5.41) is 0.